The van der Waals surface area contributed by atoms with Gasteiger partial charge in [-0.2, -0.15) is 9.13 Å². The molecule has 0 amide bonds. The summed E-state index contributed by atoms with van der Waals surface area (Å²) < 4.78 is 4.00. The van der Waals surface area contributed by atoms with E-state index in [4.69, 9.17) is 0 Å². The molecular formula is C6H10N2+2. The molecule has 2 nitrogen and oxygen atoms in total. The van der Waals surface area contributed by atoms with Crippen molar-refractivity contribution >= 4 is 0 Å². The molecule has 0 unspecified atom stereocenters. The first kappa shape index (κ1) is 5.22. The van der Waals surface area contributed by atoms with Gasteiger partial charge in [0.15, 0.2) is 0 Å². The lowest BCUT2D eigenvalue weighted by molar-refractivity contribution is -0.727. The Morgan fingerprint density at radius 3 is 1.25 bits per heavy atom. The van der Waals surface area contributed by atoms with E-state index in [0.717, 1.165) is 0 Å². The predicted molar refractivity (Wildman–Crippen MR) is 28.8 cm³/mol. The molecule has 8 heavy (non-hydrogen) atoms. The number of aryl methyl sites for hydroxylation is 2. The van der Waals surface area contributed by atoms with Crippen molar-refractivity contribution in [3.8, 4) is 0 Å². The van der Waals surface area contributed by atoms with Crippen molar-refractivity contribution in [3.05, 3.63) is 24.8 Å². The van der Waals surface area contributed by atoms with Crippen LogP contribution in [-0.2, 0) is 14.1 Å². The molecule has 0 aliphatic carbocycles. The smallest absolute Gasteiger partial charge is 0.197 e. The minimum absolute atomic E-state index is 2.00. The quantitative estimate of drug-likeness (QED) is 0.391. The maximum Gasteiger partial charge on any atom is 0.233 e. The predicted octanol–water partition coefficient (Wildman–Crippen LogP) is -0.664. The van der Waals surface area contributed by atoms with Gasteiger partial charge in [0.25, 0.3) is 0 Å². The molecule has 1 rings (SSSR count). The maximum absolute atomic E-state index is 2.00. The van der Waals surface area contributed by atoms with E-state index in [1.54, 1.807) is 0 Å². The van der Waals surface area contributed by atoms with Gasteiger partial charge in [-0.15, -0.1) is 0 Å². The van der Waals surface area contributed by atoms with Gasteiger partial charge in [0.05, 0.1) is 0 Å². The molecule has 0 fully saturated rings. The third kappa shape index (κ3) is 1.03. The maximum atomic E-state index is 2.00. The Morgan fingerprint density at radius 1 is 0.750 bits per heavy atom. The molecular weight excluding hydrogens is 100 g/mol. The highest BCUT2D eigenvalue weighted by molar-refractivity contribution is 4.50. The first-order valence-electron chi connectivity index (χ1n) is 2.59. The van der Waals surface area contributed by atoms with E-state index in [2.05, 4.69) is 0 Å². The van der Waals surface area contributed by atoms with E-state index < -0.39 is 0 Å². The van der Waals surface area contributed by atoms with Gasteiger partial charge in [0.2, 0.25) is 24.8 Å². The van der Waals surface area contributed by atoms with E-state index >= 15 is 0 Å². The monoisotopic (exact) mass is 110 g/mol. The Labute approximate surface area is 49.0 Å². The molecule has 0 saturated heterocycles. The van der Waals surface area contributed by atoms with Crippen molar-refractivity contribution < 1.29 is 9.13 Å². The molecule has 0 aliphatic heterocycles. The summed E-state index contributed by atoms with van der Waals surface area (Å²) in [6.07, 6.45) is 8.00. The largest absolute Gasteiger partial charge is 0.233 e. The summed E-state index contributed by atoms with van der Waals surface area (Å²) in [5.41, 5.74) is 0. The second-order valence-corrected chi connectivity index (χ2v) is 1.93. The number of hydrogen-bond acceptors (Lipinski definition) is 0. The molecule has 42 valence electrons. The molecule has 2 heteroatoms. The topological polar surface area (TPSA) is 7.76 Å². The number of aromatic nitrogens is 2. The average molecular weight is 110 g/mol. The Hall–Kier alpha value is -0.920. The van der Waals surface area contributed by atoms with Gasteiger partial charge in [-0.3, -0.25) is 0 Å². The zero-order valence-corrected chi connectivity index (χ0v) is 5.20. The van der Waals surface area contributed by atoms with Crippen LogP contribution in [0.4, 0.5) is 0 Å². The fourth-order valence-electron chi connectivity index (χ4n) is 0.520. The lowest BCUT2D eigenvalue weighted by atomic mass is 10.7. The first-order chi connectivity index (χ1) is 3.79. The van der Waals surface area contributed by atoms with E-state index in [9.17, 15) is 0 Å². The van der Waals surface area contributed by atoms with Crippen LogP contribution in [0.2, 0.25) is 0 Å². The molecule has 0 radical (unpaired) electrons. The second-order valence-electron chi connectivity index (χ2n) is 1.93. The Morgan fingerprint density at radius 2 is 1.00 bits per heavy atom. The minimum atomic E-state index is 2.00. The van der Waals surface area contributed by atoms with Gasteiger partial charge in [-0.05, 0) is 0 Å². The summed E-state index contributed by atoms with van der Waals surface area (Å²) in [7, 11) is 4.00. The summed E-state index contributed by atoms with van der Waals surface area (Å²) >= 11 is 0. The van der Waals surface area contributed by atoms with Crippen molar-refractivity contribution in [3.63, 3.8) is 0 Å². The Bertz CT molecular complexity index is 145. The van der Waals surface area contributed by atoms with Crippen LogP contribution in [0, 0.1) is 0 Å². The van der Waals surface area contributed by atoms with Gasteiger partial charge in [0.1, 0.15) is 14.1 Å². The van der Waals surface area contributed by atoms with E-state index in [1.807, 2.05) is 48.0 Å². The molecule has 0 atom stereocenters. The fraction of sp³-hybridized carbons (Fsp3) is 0.333. The van der Waals surface area contributed by atoms with Crippen LogP contribution < -0.4 is 9.13 Å². The Balaban J connectivity index is 3.03. The molecule has 0 saturated carbocycles. The van der Waals surface area contributed by atoms with Crippen molar-refractivity contribution in [2.45, 2.75) is 0 Å². The lowest BCUT2D eigenvalue weighted by Gasteiger charge is -1.80. The molecule has 1 aromatic rings. The van der Waals surface area contributed by atoms with E-state index in [0.29, 0.717) is 0 Å². The molecule has 0 aliphatic rings. The molecule has 1 aromatic heterocycles. The van der Waals surface area contributed by atoms with Crippen molar-refractivity contribution in [1.29, 1.82) is 0 Å². The molecule has 0 bridgehead atoms. The first-order valence-corrected chi connectivity index (χ1v) is 2.59. The SMILES string of the molecule is C[n+]1cc[n+](C)cc1. The minimum Gasteiger partial charge on any atom is -0.197 e. The number of nitrogens with zero attached hydrogens (tertiary/aromatic N) is 2. The van der Waals surface area contributed by atoms with E-state index in [-0.39, 0.29) is 0 Å². The highest BCUT2D eigenvalue weighted by Gasteiger charge is 1.92. The number of hydrogen-bond donors (Lipinski definition) is 0. The zero-order valence-electron chi connectivity index (χ0n) is 5.20. The van der Waals surface area contributed by atoms with Gasteiger partial charge >= 0.3 is 0 Å². The van der Waals surface area contributed by atoms with Gasteiger partial charge in [0, 0.05) is 0 Å². The standard InChI is InChI=1S/C6H10N2/c1-7-3-5-8(2)6-4-7/h3-6H,1-2H3/q+2. The van der Waals surface area contributed by atoms with Crippen LogP contribution in [0.5, 0.6) is 0 Å². The Kier molecular flexibility index (Phi) is 1.24. The van der Waals surface area contributed by atoms with Crippen LogP contribution in [0.3, 0.4) is 0 Å². The van der Waals surface area contributed by atoms with Gasteiger partial charge in [-0.1, -0.05) is 0 Å². The van der Waals surface area contributed by atoms with Crippen LogP contribution in [0.25, 0.3) is 0 Å². The van der Waals surface area contributed by atoms with Crippen molar-refractivity contribution in [1.82, 2.24) is 0 Å². The van der Waals surface area contributed by atoms with Crippen LogP contribution in [-0.4, -0.2) is 0 Å². The fourth-order valence-corrected chi connectivity index (χ4v) is 0.520. The average Bonchev–Trinajstić information content (AvgIpc) is 1.77. The molecule has 0 aromatic carbocycles. The van der Waals surface area contributed by atoms with E-state index in [1.165, 1.54) is 0 Å². The summed E-state index contributed by atoms with van der Waals surface area (Å²) in [6.45, 7) is 0. The second kappa shape index (κ2) is 1.90. The molecule has 0 spiro atoms. The third-order valence-corrected chi connectivity index (χ3v) is 1.07. The highest BCUT2D eigenvalue weighted by Crippen LogP contribution is 1.60. The highest BCUT2D eigenvalue weighted by atomic mass is 15.0. The third-order valence-electron chi connectivity index (χ3n) is 1.07. The van der Waals surface area contributed by atoms with Gasteiger partial charge in [-0.25, -0.2) is 0 Å². The van der Waals surface area contributed by atoms with Crippen molar-refractivity contribution in [2.24, 2.45) is 14.1 Å². The summed E-state index contributed by atoms with van der Waals surface area (Å²) in [4.78, 5) is 0. The van der Waals surface area contributed by atoms with Crippen molar-refractivity contribution in [2.75, 3.05) is 0 Å². The summed E-state index contributed by atoms with van der Waals surface area (Å²) in [5.74, 6) is 0. The van der Waals surface area contributed by atoms with Crippen LogP contribution in [0.1, 0.15) is 0 Å². The number of rotatable bonds is 0. The van der Waals surface area contributed by atoms with Crippen LogP contribution >= 0.6 is 0 Å². The lowest BCUT2D eigenvalue weighted by Crippen LogP contribution is -2.36. The molecule has 1 heterocycles. The molecule has 0 N–H and O–H groups in total. The van der Waals surface area contributed by atoms with Crippen LogP contribution in [0.15, 0.2) is 24.8 Å². The summed E-state index contributed by atoms with van der Waals surface area (Å²) in [6, 6.07) is 0. The zero-order chi connectivity index (χ0) is 5.98. The summed E-state index contributed by atoms with van der Waals surface area (Å²) in [5, 5.41) is 0. The normalized spacial score (nSPS) is 9.25. The van der Waals surface area contributed by atoms with Gasteiger partial charge < -0.3 is 0 Å².